The van der Waals surface area contributed by atoms with Gasteiger partial charge in [0, 0.05) is 11.3 Å². The van der Waals surface area contributed by atoms with Crippen LogP contribution >= 0.6 is 15.9 Å². The number of hydrogen-bond acceptors (Lipinski definition) is 5. The third kappa shape index (κ3) is 5.49. The van der Waals surface area contributed by atoms with Crippen LogP contribution in [-0.2, 0) is 4.79 Å². The summed E-state index contributed by atoms with van der Waals surface area (Å²) in [6.45, 7) is 4.06. The maximum atomic E-state index is 12.1. The molecule has 2 aromatic rings. The summed E-state index contributed by atoms with van der Waals surface area (Å²) in [5.41, 5.74) is 2.41. The van der Waals surface area contributed by atoms with Crippen LogP contribution in [-0.4, -0.2) is 30.5 Å². The van der Waals surface area contributed by atoms with Crippen LogP contribution in [0.5, 0.6) is 11.5 Å². The number of anilines is 1. The van der Waals surface area contributed by atoms with Gasteiger partial charge in [-0.3, -0.25) is 4.79 Å². The monoisotopic (exact) mass is 406 g/mol. The number of amides is 1. The van der Waals surface area contributed by atoms with Gasteiger partial charge < -0.3 is 20.0 Å². The van der Waals surface area contributed by atoms with Gasteiger partial charge in [-0.05, 0) is 59.6 Å². The quantitative estimate of drug-likeness (QED) is 0.413. The van der Waals surface area contributed by atoms with Crippen molar-refractivity contribution in [3.05, 3.63) is 52.0 Å². The van der Waals surface area contributed by atoms with Crippen molar-refractivity contribution in [3.8, 4) is 11.5 Å². The zero-order valence-electron chi connectivity index (χ0n) is 14.0. The number of rotatable bonds is 7. The molecule has 25 heavy (non-hydrogen) atoms. The molecular formula is C18H19BrN2O4. The number of carbonyl (C=O) groups excluding carboxylic acids is 1. The molecule has 132 valence electrons. The second-order valence-electron chi connectivity index (χ2n) is 5.21. The van der Waals surface area contributed by atoms with Gasteiger partial charge in [0.25, 0.3) is 5.91 Å². The number of aryl methyl sites for hydroxylation is 1. The van der Waals surface area contributed by atoms with Crippen LogP contribution in [0.2, 0.25) is 0 Å². The van der Waals surface area contributed by atoms with Crippen LogP contribution in [0.1, 0.15) is 18.1 Å². The molecule has 1 amide bonds. The molecule has 0 aromatic heterocycles. The number of halogens is 1. The number of carbonyl (C=O) groups is 1. The van der Waals surface area contributed by atoms with Crippen molar-refractivity contribution < 1.29 is 19.5 Å². The molecule has 2 rings (SSSR count). The molecule has 0 bridgehead atoms. The summed E-state index contributed by atoms with van der Waals surface area (Å²) in [4.78, 5) is 12.1. The minimum absolute atomic E-state index is 0.167. The molecular weight excluding hydrogens is 388 g/mol. The lowest BCUT2D eigenvalue weighted by atomic mass is 10.2. The number of ether oxygens (including phenoxy) is 2. The summed E-state index contributed by atoms with van der Waals surface area (Å²) < 4.78 is 11.8. The second-order valence-corrected chi connectivity index (χ2v) is 6.07. The Balaban J connectivity index is 2.09. The van der Waals surface area contributed by atoms with E-state index in [0.29, 0.717) is 33.8 Å². The Bertz CT molecular complexity index is 778. The van der Waals surface area contributed by atoms with Gasteiger partial charge in [-0.25, -0.2) is 0 Å². The predicted octanol–water partition coefficient (Wildman–Crippen LogP) is 3.98. The highest BCUT2D eigenvalue weighted by Crippen LogP contribution is 2.36. The molecule has 2 N–H and O–H groups in total. The third-order valence-electron chi connectivity index (χ3n) is 3.19. The second kappa shape index (κ2) is 9.08. The van der Waals surface area contributed by atoms with Crippen molar-refractivity contribution in [2.24, 2.45) is 5.16 Å². The lowest BCUT2D eigenvalue weighted by Crippen LogP contribution is -2.20. The van der Waals surface area contributed by atoms with E-state index in [1.54, 1.807) is 12.1 Å². The van der Waals surface area contributed by atoms with Gasteiger partial charge in [0.1, 0.15) is 0 Å². The van der Waals surface area contributed by atoms with Crippen LogP contribution in [0.25, 0.3) is 0 Å². The van der Waals surface area contributed by atoms with Gasteiger partial charge in [0.05, 0.1) is 17.3 Å². The maximum Gasteiger partial charge on any atom is 0.262 e. The minimum Gasteiger partial charge on any atom is -0.490 e. The fourth-order valence-electron chi connectivity index (χ4n) is 2.19. The fraction of sp³-hybridized carbons (Fsp3) is 0.222. The number of nitrogens with one attached hydrogen (secondary N) is 1. The van der Waals surface area contributed by atoms with E-state index in [-0.39, 0.29) is 12.5 Å². The molecule has 0 aliphatic heterocycles. The Morgan fingerprint density at radius 3 is 2.80 bits per heavy atom. The van der Waals surface area contributed by atoms with E-state index in [1.165, 1.54) is 6.21 Å². The Labute approximate surface area is 154 Å². The Kier molecular flexibility index (Phi) is 6.82. The van der Waals surface area contributed by atoms with E-state index in [4.69, 9.17) is 14.7 Å². The van der Waals surface area contributed by atoms with Crippen molar-refractivity contribution in [2.45, 2.75) is 13.8 Å². The number of oxime groups is 1. The predicted molar refractivity (Wildman–Crippen MR) is 100.0 cm³/mol. The molecule has 0 spiro atoms. The third-order valence-corrected chi connectivity index (χ3v) is 3.78. The Hall–Kier alpha value is -2.54. The highest BCUT2D eigenvalue weighted by atomic mass is 79.9. The summed E-state index contributed by atoms with van der Waals surface area (Å²) >= 11 is 3.38. The van der Waals surface area contributed by atoms with Gasteiger partial charge in [-0.2, -0.15) is 0 Å². The SMILES string of the molecule is CCOc1cc(/C=N\O)cc(Br)c1OCC(=O)Nc1cccc(C)c1. The summed E-state index contributed by atoms with van der Waals surface area (Å²) in [6.07, 6.45) is 1.28. The van der Waals surface area contributed by atoms with Gasteiger partial charge in [0.15, 0.2) is 18.1 Å². The van der Waals surface area contributed by atoms with Crippen molar-refractivity contribution in [3.63, 3.8) is 0 Å². The molecule has 0 unspecified atom stereocenters. The van der Waals surface area contributed by atoms with Crippen LogP contribution < -0.4 is 14.8 Å². The molecule has 0 saturated heterocycles. The van der Waals surface area contributed by atoms with Gasteiger partial charge in [-0.15, -0.1) is 0 Å². The molecule has 0 saturated carbocycles. The highest BCUT2D eigenvalue weighted by molar-refractivity contribution is 9.10. The van der Waals surface area contributed by atoms with E-state index >= 15 is 0 Å². The van der Waals surface area contributed by atoms with Crippen LogP contribution in [0.3, 0.4) is 0 Å². The van der Waals surface area contributed by atoms with Crippen molar-refractivity contribution in [1.29, 1.82) is 0 Å². The van der Waals surface area contributed by atoms with E-state index in [1.807, 2.05) is 38.1 Å². The minimum atomic E-state index is -0.277. The summed E-state index contributed by atoms with van der Waals surface area (Å²) in [5.74, 6) is 0.590. The number of nitrogens with zero attached hydrogens (tertiary/aromatic N) is 1. The Morgan fingerprint density at radius 2 is 2.12 bits per heavy atom. The fourth-order valence-corrected chi connectivity index (χ4v) is 2.76. The van der Waals surface area contributed by atoms with Crippen LogP contribution in [0.4, 0.5) is 5.69 Å². The smallest absolute Gasteiger partial charge is 0.262 e. The molecule has 0 fully saturated rings. The normalized spacial score (nSPS) is 10.7. The summed E-state index contributed by atoms with van der Waals surface area (Å²) in [7, 11) is 0. The largest absolute Gasteiger partial charge is 0.490 e. The lowest BCUT2D eigenvalue weighted by Gasteiger charge is -2.14. The van der Waals surface area contributed by atoms with Crippen molar-refractivity contribution in [2.75, 3.05) is 18.5 Å². The lowest BCUT2D eigenvalue weighted by molar-refractivity contribution is -0.118. The molecule has 0 aliphatic rings. The zero-order chi connectivity index (χ0) is 18.2. The topological polar surface area (TPSA) is 80.2 Å². The standard InChI is InChI=1S/C18H19BrN2O4/c1-3-24-16-9-13(10-20-23)8-15(19)18(16)25-11-17(22)21-14-6-4-5-12(2)7-14/h4-10,23H,3,11H2,1-2H3,(H,21,22)/b20-10-. The van der Waals surface area contributed by atoms with Gasteiger partial charge >= 0.3 is 0 Å². The van der Waals surface area contributed by atoms with E-state index < -0.39 is 0 Å². The zero-order valence-corrected chi connectivity index (χ0v) is 15.5. The molecule has 0 aliphatic carbocycles. The van der Waals surface area contributed by atoms with Crippen molar-refractivity contribution in [1.82, 2.24) is 0 Å². The first-order valence-corrected chi connectivity index (χ1v) is 8.46. The van der Waals surface area contributed by atoms with E-state index in [0.717, 1.165) is 5.56 Å². The highest BCUT2D eigenvalue weighted by Gasteiger charge is 2.14. The molecule has 2 aromatic carbocycles. The van der Waals surface area contributed by atoms with Gasteiger partial charge in [-0.1, -0.05) is 17.3 Å². The first kappa shape index (κ1) is 18.8. The summed E-state index contributed by atoms with van der Waals surface area (Å²) in [5, 5.41) is 14.4. The number of hydrogen-bond donors (Lipinski definition) is 2. The first-order valence-electron chi connectivity index (χ1n) is 7.66. The van der Waals surface area contributed by atoms with Crippen molar-refractivity contribution >= 4 is 33.7 Å². The van der Waals surface area contributed by atoms with E-state index in [2.05, 4.69) is 26.4 Å². The van der Waals surface area contributed by atoms with Crippen LogP contribution in [0.15, 0.2) is 46.0 Å². The van der Waals surface area contributed by atoms with E-state index in [9.17, 15) is 4.79 Å². The first-order chi connectivity index (χ1) is 12.0. The molecule has 6 nitrogen and oxygen atoms in total. The molecule has 0 radical (unpaired) electrons. The maximum absolute atomic E-state index is 12.1. The average Bonchev–Trinajstić information content (AvgIpc) is 2.54. The molecule has 0 atom stereocenters. The summed E-state index contributed by atoms with van der Waals surface area (Å²) in [6, 6.07) is 10.9. The molecule has 7 heteroatoms. The molecule has 0 heterocycles. The van der Waals surface area contributed by atoms with Crippen LogP contribution in [0, 0.1) is 6.92 Å². The average molecular weight is 407 g/mol. The van der Waals surface area contributed by atoms with Gasteiger partial charge in [0.2, 0.25) is 0 Å². The Morgan fingerprint density at radius 1 is 1.32 bits per heavy atom. The number of benzene rings is 2.